The molecule has 0 radical (unpaired) electrons. The molecular weight excluding hydrogens is 314 g/mol. The van der Waals surface area contributed by atoms with Crippen molar-refractivity contribution in [1.82, 2.24) is 5.32 Å². The molecule has 8 atom stereocenters. The van der Waals surface area contributed by atoms with E-state index in [2.05, 4.69) is 25.2 Å². The highest BCUT2D eigenvalue weighted by molar-refractivity contribution is 5.73. The van der Waals surface area contributed by atoms with Crippen LogP contribution in [0.4, 0.5) is 0 Å². The van der Waals surface area contributed by atoms with Crippen molar-refractivity contribution in [2.45, 2.75) is 84.0 Å². The lowest BCUT2D eigenvalue weighted by molar-refractivity contribution is -0.122. The van der Waals surface area contributed by atoms with Crippen LogP contribution in [0.15, 0.2) is 11.6 Å². The molecule has 0 saturated heterocycles. The normalized spacial score (nSPS) is 51.8. The standard InChI is InChI=1S/C21H33NO3/c1-12(23)22-19-18(25)11-17-15-5-4-13-10-14(24)6-8-20(13,2)16(15)7-9-21(17,19)3/h4,14-19,24-25H,5-11H2,1-3H3,(H,22,23)/t14-,15-,16-,17-,18-,19-,20+,21+/m1/s1. The van der Waals surface area contributed by atoms with Crippen LogP contribution in [0, 0.1) is 28.6 Å². The Hall–Kier alpha value is -0.870. The summed E-state index contributed by atoms with van der Waals surface area (Å²) in [6, 6.07) is -0.109. The number of hydrogen-bond acceptors (Lipinski definition) is 3. The van der Waals surface area contributed by atoms with Crippen LogP contribution < -0.4 is 5.32 Å². The van der Waals surface area contributed by atoms with E-state index in [1.807, 2.05) is 0 Å². The molecule has 1 amide bonds. The molecule has 0 spiro atoms. The Labute approximate surface area is 151 Å². The molecule has 0 aromatic carbocycles. The fraction of sp³-hybridized carbons (Fsp3) is 0.857. The van der Waals surface area contributed by atoms with E-state index < -0.39 is 6.10 Å². The van der Waals surface area contributed by atoms with Gasteiger partial charge in [0.05, 0.1) is 18.2 Å². The number of rotatable bonds is 1. The van der Waals surface area contributed by atoms with Gasteiger partial charge in [-0.3, -0.25) is 4.79 Å². The van der Waals surface area contributed by atoms with Crippen LogP contribution in [0.1, 0.15) is 65.7 Å². The number of carbonyl (C=O) groups excluding carboxylic acids is 1. The smallest absolute Gasteiger partial charge is 0.217 e. The summed E-state index contributed by atoms with van der Waals surface area (Å²) in [4.78, 5) is 11.7. The van der Waals surface area contributed by atoms with Crippen molar-refractivity contribution in [3.05, 3.63) is 11.6 Å². The van der Waals surface area contributed by atoms with E-state index in [0.29, 0.717) is 17.8 Å². The van der Waals surface area contributed by atoms with Crippen molar-refractivity contribution in [2.24, 2.45) is 28.6 Å². The number of fused-ring (bicyclic) bond motifs is 5. The lowest BCUT2D eigenvalue weighted by Crippen LogP contribution is -2.55. The van der Waals surface area contributed by atoms with E-state index in [1.54, 1.807) is 6.92 Å². The number of amides is 1. The van der Waals surface area contributed by atoms with Gasteiger partial charge in [0, 0.05) is 6.92 Å². The number of carbonyl (C=O) groups is 1. The van der Waals surface area contributed by atoms with Crippen molar-refractivity contribution in [1.29, 1.82) is 0 Å². The maximum Gasteiger partial charge on any atom is 0.217 e. The first-order valence-electron chi connectivity index (χ1n) is 10.1. The maximum atomic E-state index is 11.7. The van der Waals surface area contributed by atoms with Crippen LogP contribution in [0.3, 0.4) is 0 Å². The third-order valence-corrected chi connectivity index (χ3v) is 8.46. The Bertz CT molecular complexity index is 602. The van der Waals surface area contributed by atoms with E-state index in [-0.39, 0.29) is 28.9 Å². The average molecular weight is 347 g/mol. The maximum absolute atomic E-state index is 11.7. The molecule has 0 aliphatic heterocycles. The quantitative estimate of drug-likeness (QED) is 0.639. The van der Waals surface area contributed by atoms with Gasteiger partial charge in [-0.2, -0.15) is 0 Å². The SMILES string of the molecule is CC(=O)N[C@@H]1[C@H](O)C[C@@H]2[C@@H]3CC=C4C[C@H](O)CC[C@]4(C)[C@@H]3CC[C@@]21C. The molecule has 25 heavy (non-hydrogen) atoms. The molecule has 4 aliphatic rings. The average Bonchev–Trinajstić information content (AvgIpc) is 2.79. The summed E-state index contributed by atoms with van der Waals surface area (Å²) < 4.78 is 0. The van der Waals surface area contributed by atoms with Crippen LogP contribution in [0.5, 0.6) is 0 Å². The first-order chi connectivity index (χ1) is 11.8. The predicted octanol–water partition coefficient (Wildman–Crippen LogP) is 2.79. The zero-order valence-corrected chi connectivity index (χ0v) is 15.8. The summed E-state index contributed by atoms with van der Waals surface area (Å²) in [5.41, 5.74) is 1.70. The molecule has 0 unspecified atom stereocenters. The monoisotopic (exact) mass is 347 g/mol. The lowest BCUT2D eigenvalue weighted by Gasteiger charge is -2.57. The fourth-order valence-corrected chi connectivity index (χ4v) is 7.14. The van der Waals surface area contributed by atoms with Gasteiger partial charge in [0.25, 0.3) is 0 Å². The number of allylic oxidation sites excluding steroid dienone is 1. The van der Waals surface area contributed by atoms with Crippen molar-refractivity contribution in [2.75, 3.05) is 0 Å². The van der Waals surface area contributed by atoms with Crippen LogP contribution in [0.25, 0.3) is 0 Å². The van der Waals surface area contributed by atoms with Crippen LogP contribution in [-0.2, 0) is 4.79 Å². The Kier molecular flexibility index (Phi) is 4.08. The summed E-state index contributed by atoms with van der Waals surface area (Å²) in [6.45, 7) is 6.26. The topological polar surface area (TPSA) is 69.6 Å². The molecule has 140 valence electrons. The Morgan fingerprint density at radius 2 is 1.96 bits per heavy atom. The molecule has 4 nitrogen and oxygen atoms in total. The predicted molar refractivity (Wildman–Crippen MR) is 96.7 cm³/mol. The van der Waals surface area contributed by atoms with Gasteiger partial charge in [0.2, 0.25) is 5.91 Å². The summed E-state index contributed by atoms with van der Waals surface area (Å²) in [7, 11) is 0. The van der Waals surface area contributed by atoms with E-state index >= 15 is 0 Å². The highest BCUT2D eigenvalue weighted by atomic mass is 16.3. The minimum absolute atomic E-state index is 0.00212. The van der Waals surface area contributed by atoms with Gasteiger partial charge in [0.1, 0.15) is 0 Å². The van der Waals surface area contributed by atoms with Gasteiger partial charge in [-0.25, -0.2) is 0 Å². The summed E-state index contributed by atoms with van der Waals surface area (Å²) in [6.07, 6.45) is 8.79. The minimum Gasteiger partial charge on any atom is -0.393 e. The van der Waals surface area contributed by atoms with Gasteiger partial charge in [0.15, 0.2) is 0 Å². The molecule has 0 aromatic rings. The number of aliphatic hydroxyl groups excluding tert-OH is 2. The van der Waals surface area contributed by atoms with Crippen LogP contribution in [-0.4, -0.2) is 34.4 Å². The number of hydrogen-bond donors (Lipinski definition) is 3. The molecule has 3 fully saturated rings. The van der Waals surface area contributed by atoms with Crippen molar-refractivity contribution in [3.63, 3.8) is 0 Å². The van der Waals surface area contributed by atoms with E-state index in [0.717, 1.165) is 38.5 Å². The third-order valence-electron chi connectivity index (χ3n) is 8.46. The van der Waals surface area contributed by atoms with Gasteiger partial charge in [-0.15, -0.1) is 0 Å². The van der Waals surface area contributed by atoms with Gasteiger partial charge >= 0.3 is 0 Å². The number of aliphatic hydroxyl groups is 2. The number of nitrogens with one attached hydrogen (secondary N) is 1. The molecule has 0 bridgehead atoms. The molecule has 4 aliphatic carbocycles. The fourth-order valence-electron chi connectivity index (χ4n) is 7.14. The Balaban J connectivity index is 1.64. The molecular formula is C21H33NO3. The molecule has 4 rings (SSSR count). The highest BCUT2D eigenvalue weighted by Crippen LogP contribution is 2.64. The minimum atomic E-state index is -0.427. The molecule has 3 N–H and O–H groups in total. The van der Waals surface area contributed by atoms with Crippen LogP contribution in [0.2, 0.25) is 0 Å². The Morgan fingerprint density at radius 1 is 1.20 bits per heavy atom. The second kappa shape index (κ2) is 5.82. The van der Waals surface area contributed by atoms with Gasteiger partial charge in [-0.05, 0) is 73.5 Å². The van der Waals surface area contributed by atoms with Crippen molar-refractivity contribution in [3.8, 4) is 0 Å². The largest absolute Gasteiger partial charge is 0.393 e. The van der Waals surface area contributed by atoms with E-state index in [9.17, 15) is 15.0 Å². The van der Waals surface area contributed by atoms with E-state index in [1.165, 1.54) is 12.0 Å². The summed E-state index contributed by atoms with van der Waals surface area (Å²) in [5, 5.41) is 23.8. The highest BCUT2D eigenvalue weighted by Gasteiger charge is 2.61. The molecule has 3 saturated carbocycles. The van der Waals surface area contributed by atoms with Crippen molar-refractivity contribution < 1.29 is 15.0 Å². The lowest BCUT2D eigenvalue weighted by atomic mass is 9.48. The zero-order chi connectivity index (χ0) is 18.0. The zero-order valence-electron chi connectivity index (χ0n) is 15.8. The van der Waals surface area contributed by atoms with Crippen molar-refractivity contribution >= 4 is 5.91 Å². The van der Waals surface area contributed by atoms with Crippen LogP contribution >= 0.6 is 0 Å². The van der Waals surface area contributed by atoms with Gasteiger partial charge in [-0.1, -0.05) is 25.5 Å². The first kappa shape index (κ1) is 17.5. The third kappa shape index (κ3) is 2.51. The second-order valence-corrected chi connectivity index (χ2v) is 9.68. The molecule has 0 heterocycles. The second-order valence-electron chi connectivity index (χ2n) is 9.68. The molecule has 0 aromatic heterocycles. The summed E-state index contributed by atoms with van der Waals surface area (Å²) >= 11 is 0. The van der Waals surface area contributed by atoms with Gasteiger partial charge < -0.3 is 15.5 Å². The first-order valence-corrected chi connectivity index (χ1v) is 10.1. The Morgan fingerprint density at radius 3 is 2.68 bits per heavy atom. The molecule has 4 heteroatoms. The van der Waals surface area contributed by atoms with E-state index in [4.69, 9.17) is 0 Å². The summed E-state index contributed by atoms with van der Waals surface area (Å²) in [5.74, 6) is 1.68.